The van der Waals surface area contributed by atoms with Gasteiger partial charge in [-0.2, -0.15) is 0 Å². The summed E-state index contributed by atoms with van der Waals surface area (Å²) in [5.41, 5.74) is 4.78. The highest BCUT2D eigenvalue weighted by Gasteiger charge is 2.20. The molecule has 1 aliphatic heterocycles. The van der Waals surface area contributed by atoms with Crippen molar-refractivity contribution < 1.29 is 14.3 Å². The molecule has 146 valence electrons. The van der Waals surface area contributed by atoms with Gasteiger partial charge in [-0.15, -0.1) is 0 Å². The van der Waals surface area contributed by atoms with Crippen molar-refractivity contribution >= 4 is 11.9 Å². The van der Waals surface area contributed by atoms with Gasteiger partial charge in [-0.3, -0.25) is 4.79 Å². The molecule has 0 N–H and O–H groups in total. The van der Waals surface area contributed by atoms with Crippen LogP contribution in [0, 0.1) is 0 Å². The average molecular weight is 385 g/mol. The molecule has 0 atom stereocenters. The zero-order chi connectivity index (χ0) is 20.1. The molecule has 0 aliphatic carbocycles. The van der Waals surface area contributed by atoms with E-state index in [1.807, 2.05) is 59.5 Å². The second-order valence-electron chi connectivity index (χ2n) is 7.25. The monoisotopic (exact) mass is 385 g/mol. The molecular weight excluding hydrogens is 362 g/mol. The Morgan fingerprint density at radius 1 is 0.828 bits per heavy atom. The van der Waals surface area contributed by atoms with Gasteiger partial charge in [0, 0.05) is 19.5 Å². The quantitative estimate of drug-likeness (QED) is 0.571. The van der Waals surface area contributed by atoms with Crippen molar-refractivity contribution in [2.45, 2.75) is 26.0 Å². The van der Waals surface area contributed by atoms with Crippen LogP contribution < -0.4 is 0 Å². The van der Waals surface area contributed by atoms with Crippen molar-refractivity contribution in [3.63, 3.8) is 0 Å². The van der Waals surface area contributed by atoms with E-state index >= 15 is 0 Å². The third-order valence-electron chi connectivity index (χ3n) is 5.17. The molecule has 1 amide bonds. The fraction of sp³-hybridized carbons (Fsp3) is 0.200. The smallest absolute Gasteiger partial charge is 0.338 e. The summed E-state index contributed by atoms with van der Waals surface area (Å²) in [4.78, 5) is 25.9. The summed E-state index contributed by atoms with van der Waals surface area (Å²) in [5, 5.41) is 0. The highest BCUT2D eigenvalue weighted by molar-refractivity contribution is 5.89. The van der Waals surface area contributed by atoms with Gasteiger partial charge in [-0.05, 0) is 40.8 Å². The first kappa shape index (κ1) is 18.9. The SMILES string of the molecule is O=C(OCc1ccc(-c2ccccc2)cc1)c1ccc(CN2CCCC2=O)cc1. The van der Waals surface area contributed by atoms with Gasteiger partial charge in [0.25, 0.3) is 0 Å². The summed E-state index contributed by atoms with van der Waals surface area (Å²) in [7, 11) is 0. The van der Waals surface area contributed by atoms with Crippen LogP contribution in [0.5, 0.6) is 0 Å². The predicted molar refractivity (Wildman–Crippen MR) is 112 cm³/mol. The van der Waals surface area contributed by atoms with Crippen molar-refractivity contribution in [1.82, 2.24) is 4.90 Å². The van der Waals surface area contributed by atoms with Crippen LogP contribution in [0.3, 0.4) is 0 Å². The first-order chi connectivity index (χ1) is 14.2. The van der Waals surface area contributed by atoms with E-state index in [-0.39, 0.29) is 18.5 Å². The van der Waals surface area contributed by atoms with Gasteiger partial charge in [0.1, 0.15) is 6.61 Å². The lowest BCUT2D eigenvalue weighted by Gasteiger charge is -2.15. The minimum atomic E-state index is -0.346. The van der Waals surface area contributed by atoms with E-state index in [0.717, 1.165) is 35.2 Å². The lowest BCUT2D eigenvalue weighted by atomic mass is 10.0. The van der Waals surface area contributed by atoms with Crippen LogP contribution in [0.4, 0.5) is 0 Å². The highest BCUT2D eigenvalue weighted by Crippen LogP contribution is 2.20. The molecule has 1 aliphatic rings. The Balaban J connectivity index is 1.32. The van der Waals surface area contributed by atoms with Crippen LogP contribution in [0.25, 0.3) is 11.1 Å². The van der Waals surface area contributed by atoms with Crippen LogP contribution in [0.1, 0.15) is 34.3 Å². The lowest BCUT2D eigenvalue weighted by molar-refractivity contribution is -0.128. The molecule has 1 heterocycles. The lowest BCUT2D eigenvalue weighted by Crippen LogP contribution is -2.23. The maximum atomic E-state index is 12.3. The van der Waals surface area contributed by atoms with E-state index < -0.39 is 0 Å². The third kappa shape index (κ3) is 4.72. The molecule has 0 aromatic heterocycles. The number of ether oxygens (including phenoxy) is 1. The number of esters is 1. The molecule has 3 aromatic rings. The minimum absolute atomic E-state index is 0.201. The second-order valence-corrected chi connectivity index (χ2v) is 7.25. The molecule has 1 saturated heterocycles. The van der Waals surface area contributed by atoms with E-state index in [0.29, 0.717) is 18.5 Å². The highest BCUT2D eigenvalue weighted by atomic mass is 16.5. The predicted octanol–water partition coefficient (Wildman–Crippen LogP) is 4.83. The summed E-state index contributed by atoms with van der Waals surface area (Å²) < 4.78 is 5.45. The van der Waals surface area contributed by atoms with Crippen molar-refractivity contribution in [1.29, 1.82) is 0 Å². The second kappa shape index (κ2) is 8.74. The first-order valence-electron chi connectivity index (χ1n) is 9.87. The van der Waals surface area contributed by atoms with Crippen molar-refractivity contribution in [3.05, 3.63) is 95.6 Å². The molecule has 0 bridgehead atoms. The van der Waals surface area contributed by atoms with Crippen LogP contribution in [0.2, 0.25) is 0 Å². The molecule has 0 spiro atoms. The van der Waals surface area contributed by atoms with Gasteiger partial charge in [0.05, 0.1) is 5.56 Å². The zero-order valence-corrected chi connectivity index (χ0v) is 16.2. The maximum Gasteiger partial charge on any atom is 0.338 e. The minimum Gasteiger partial charge on any atom is -0.457 e. The molecule has 0 radical (unpaired) electrons. The third-order valence-corrected chi connectivity index (χ3v) is 5.17. The van der Waals surface area contributed by atoms with E-state index in [2.05, 4.69) is 12.1 Å². The van der Waals surface area contributed by atoms with Crippen LogP contribution >= 0.6 is 0 Å². The molecule has 0 unspecified atom stereocenters. The summed E-state index contributed by atoms with van der Waals surface area (Å²) in [6.07, 6.45) is 1.56. The number of nitrogens with zero attached hydrogens (tertiary/aromatic N) is 1. The first-order valence-corrected chi connectivity index (χ1v) is 9.87. The van der Waals surface area contributed by atoms with Gasteiger partial charge >= 0.3 is 5.97 Å². The number of rotatable bonds is 6. The molecule has 4 rings (SSSR count). The summed E-state index contributed by atoms with van der Waals surface area (Å²) in [6.45, 7) is 1.64. The Kier molecular flexibility index (Phi) is 5.71. The van der Waals surface area contributed by atoms with E-state index in [1.54, 1.807) is 12.1 Å². The number of likely N-dealkylation sites (tertiary alicyclic amines) is 1. The zero-order valence-electron chi connectivity index (χ0n) is 16.2. The number of hydrogen-bond acceptors (Lipinski definition) is 3. The van der Waals surface area contributed by atoms with E-state index in [1.165, 1.54) is 0 Å². The Morgan fingerprint density at radius 3 is 2.14 bits per heavy atom. The summed E-state index contributed by atoms with van der Waals surface area (Å²) in [5.74, 6) is -0.146. The Labute approximate surface area is 170 Å². The van der Waals surface area contributed by atoms with Gasteiger partial charge in [-0.1, -0.05) is 66.7 Å². The van der Waals surface area contributed by atoms with Crippen LogP contribution in [0.15, 0.2) is 78.9 Å². The maximum absolute atomic E-state index is 12.3. The van der Waals surface area contributed by atoms with Crippen molar-refractivity contribution in [3.8, 4) is 11.1 Å². The number of carbonyl (C=O) groups is 2. The number of benzene rings is 3. The topological polar surface area (TPSA) is 46.6 Å². The summed E-state index contributed by atoms with van der Waals surface area (Å²) in [6, 6.07) is 25.5. The Morgan fingerprint density at radius 2 is 1.48 bits per heavy atom. The van der Waals surface area contributed by atoms with Crippen molar-refractivity contribution in [2.24, 2.45) is 0 Å². The molecule has 0 saturated carbocycles. The Bertz CT molecular complexity index is 979. The van der Waals surface area contributed by atoms with Crippen molar-refractivity contribution in [2.75, 3.05) is 6.54 Å². The molecule has 4 nitrogen and oxygen atoms in total. The average Bonchev–Trinajstić information content (AvgIpc) is 3.18. The van der Waals surface area contributed by atoms with Gasteiger partial charge in [0.15, 0.2) is 0 Å². The largest absolute Gasteiger partial charge is 0.457 e. The van der Waals surface area contributed by atoms with Gasteiger partial charge in [-0.25, -0.2) is 4.79 Å². The summed E-state index contributed by atoms with van der Waals surface area (Å²) >= 11 is 0. The van der Waals surface area contributed by atoms with E-state index in [4.69, 9.17) is 4.74 Å². The molecular formula is C25H23NO3. The Hall–Kier alpha value is -3.40. The number of carbonyl (C=O) groups excluding carboxylic acids is 2. The normalized spacial score (nSPS) is 13.5. The van der Waals surface area contributed by atoms with Crippen LogP contribution in [-0.2, 0) is 22.7 Å². The molecule has 29 heavy (non-hydrogen) atoms. The standard InChI is InChI=1S/C25H23NO3/c27-24-7-4-16-26(24)17-19-8-14-23(15-9-19)25(28)29-18-20-10-12-22(13-11-20)21-5-2-1-3-6-21/h1-3,5-6,8-15H,4,7,16-18H2. The number of amides is 1. The fourth-order valence-corrected chi connectivity index (χ4v) is 3.49. The molecule has 1 fully saturated rings. The number of hydrogen-bond donors (Lipinski definition) is 0. The van der Waals surface area contributed by atoms with Crippen LogP contribution in [-0.4, -0.2) is 23.3 Å². The molecule has 4 heteroatoms. The van der Waals surface area contributed by atoms with Gasteiger partial charge < -0.3 is 9.64 Å². The van der Waals surface area contributed by atoms with E-state index in [9.17, 15) is 9.59 Å². The fourth-order valence-electron chi connectivity index (χ4n) is 3.49. The van der Waals surface area contributed by atoms with Gasteiger partial charge in [0.2, 0.25) is 5.91 Å². The molecule has 3 aromatic carbocycles.